The van der Waals surface area contributed by atoms with Crippen LogP contribution in [-0.4, -0.2) is 38.4 Å². The summed E-state index contributed by atoms with van der Waals surface area (Å²) in [5, 5.41) is 0. The first-order valence-corrected chi connectivity index (χ1v) is 6.24. The second-order valence-corrected chi connectivity index (χ2v) is 7.62. The lowest BCUT2D eigenvalue weighted by Gasteiger charge is -2.35. The van der Waals surface area contributed by atoms with Crippen LogP contribution in [0.15, 0.2) is 0 Å². The van der Waals surface area contributed by atoms with Gasteiger partial charge in [0.15, 0.2) is 0 Å². The number of nitrogens with zero attached hydrogens (tertiary/aromatic N) is 1. The Bertz CT molecular complexity index is 327. The van der Waals surface area contributed by atoms with Gasteiger partial charge in [0, 0.05) is 24.5 Å². The lowest BCUT2D eigenvalue weighted by molar-refractivity contribution is -0.121. The van der Waals surface area contributed by atoms with Gasteiger partial charge in [-0.25, -0.2) is 0 Å². The molecular formula is C10H18IN3O. The molecule has 5 heteroatoms. The number of hydrogen-bond acceptors (Lipinski definition) is 3. The third-order valence-corrected chi connectivity index (χ3v) is 5.87. The number of piperidine rings is 1. The molecule has 1 aliphatic carbocycles. The predicted octanol–water partition coefficient (Wildman–Crippen LogP) is 0.0869. The molecule has 1 saturated heterocycles. The molecule has 2 rings (SSSR count). The van der Waals surface area contributed by atoms with Gasteiger partial charge in [0.05, 0.1) is 3.42 Å². The molecule has 1 aliphatic heterocycles. The van der Waals surface area contributed by atoms with E-state index in [0.29, 0.717) is 0 Å². The lowest BCUT2D eigenvalue weighted by atomic mass is 10.0. The molecule has 3 atom stereocenters. The maximum Gasteiger partial charge on any atom is 0.239 e. The molecule has 1 heterocycles. The highest BCUT2D eigenvalue weighted by Crippen LogP contribution is 2.64. The zero-order valence-corrected chi connectivity index (χ0v) is 11.5. The highest BCUT2D eigenvalue weighted by molar-refractivity contribution is 14.1. The van der Waals surface area contributed by atoms with Crippen molar-refractivity contribution in [3.8, 4) is 0 Å². The second-order valence-electron chi connectivity index (χ2n) is 5.70. The topological polar surface area (TPSA) is 72.3 Å². The summed E-state index contributed by atoms with van der Waals surface area (Å²) in [6.07, 6.45) is 0. The van der Waals surface area contributed by atoms with Crippen LogP contribution in [0.5, 0.6) is 0 Å². The smallest absolute Gasteiger partial charge is 0.239 e. The third-order valence-electron chi connectivity index (χ3n) is 3.89. The summed E-state index contributed by atoms with van der Waals surface area (Å²) in [4.78, 5) is 13.7. The summed E-state index contributed by atoms with van der Waals surface area (Å²) in [6, 6.07) is 0. The van der Waals surface area contributed by atoms with Gasteiger partial charge in [-0.15, -0.1) is 0 Å². The highest BCUT2D eigenvalue weighted by Gasteiger charge is 2.80. The predicted molar refractivity (Wildman–Crippen MR) is 67.7 cm³/mol. The SMILES string of the molecule is CC(C)(C)N1CC2C(I)(C1)C2(N)C(N)=O. The molecule has 0 bridgehead atoms. The Kier molecular flexibility index (Phi) is 2.22. The molecule has 1 saturated carbocycles. The molecule has 2 aliphatic rings. The first kappa shape index (κ1) is 11.6. The van der Waals surface area contributed by atoms with Crippen LogP contribution in [0.4, 0.5) is 0 Å². The van der Waals surface area contributed by atoms with E-state index < -0.39 is 5.54 Å². The number of rotatable bonds is 1. The van der Waals surface area contributed by atoms with Gasteiger partial charge in [-0.2, -0.15) is 0 Å². The molecule has 0 spiro atoms. The molecule has 15 heavy (non-hydrogen) atoms. The Balaban J connectivity index is 2.16. The van der Waals surface area contributed by atoms with Crippen LogP contribution in [0, 0.1) is 5.92 Å². The fourth-order valence-corrected chi connectivity index (χ4v) is 4.17. The average Bonchev–Trinajstić information content (AvgIpc) is 2.42. The molecule has 3 unspecified atom stereocenters. The van der Waals surface area contributed by atoms with Crippen molar-refractivity contribution >= 4 is 28.5 Å². The van der Waals surface area contributed by atoms with Gasteiger partial charge in [-0.1, -0.05) is 22.6 Å². The summed E-state index contributed by atoms with van der Waals surface area (Å²) in [6.45, 7) is 8.29. The van der Waals surface area contributed by atoms with E-state index in [1.54, 1.807) is 0 Å². The minimum absolute atomic E-state index is 0.135. The van der Waals surface area contributed by atoms with Crippen molar-refractivity contribution in [1.82, 2.24) is 4.90 Å². The van der Waals surface area contributed by atoms with Crippen molar-refractivity contribution < 1.29 is 4.79 Å². The van der Waals surface area contributed by atoms with Gasteiger partial charge in [-0.3, -0.25) is 9.69 Å². The Hall–Kier alpha value is 0.120. The number of alkyl halides is 1. The van der Waals surface area contributed by atoms with Crippen molar-refractivity contribution in [3.63, 3.8) is 0 Å². The molecule has 0 aromatic rings. The Labute approximate surface area is 104 Å². The van der Waals surface area contributed by atoms with Crippen molar-refractivity contribution in [2.45, 2.75) is 35.3 Å². The van der Waals surface area contributed by atoms with Gasteiger partial charge in [-0.05, 0) is 20.8 Å². The Morgan fingerprint density at radius 2 is 2.07 bits per heavy atom. The Morgan fingerprint density at radius 3 is 2.33 bits per heavy atom. The van der Waals surface area contributed by atoms with Gasteiger partial charge >= 0.3 is 0 Å². The number of nitrogens with two attached hydrogens (primary N) is 2. The zero-order chi connectivity index (χ0) is 11.6. The minimum atomic E-state index is -0.769. The standard InChI is InChI=1S/C10H18IN3O/c1-8(2,3)14-4-6-9(11,5-14)10(6,13)7(12)15/h6H,4-5,13H2,1-3H3,(H2,12,15). The summed E-state index contributed by atoms with van der Waals surface area (Å²) < 4.78 is -0.135. The molecule has 86 valence electrons. The number of carbonyl (C=O) groups excluding carboxylic acids is 1. The molecule has 0 radical (unpaired) electrons. The van der Waals surface area contributed by atoms with Crippen molar-refractivity contribution in [2.24, 2.45) is 17.4 Å². The normalized spacial score (nSPS) is 45.3. The van der Waals surface area contributed by atoms with E-state index in [1.165, 1.54) is 0 Å². The quantitative estimate of drug-likeness (QED) is 0.531. The van der Waals surface area contributed by atoms with Gasteiger partial charge < -0.3 is 11.5 Å². The van der Waals surface area contributed by atoms with E-state index in [9.17, 15) is 4.79 Å². The molecule has 2 fully saturated rings. The molecule has 0 aromatic carbocycles. The number of carbonyl (C=O) groups is 1. The van der Waals surface area contributed by atoms with E-state index in [4.69, 9.17) is 11.5 Å². The number of hydrogen-bond donors (Lipinski definition) is 2. The zero-order valence-electron chi connectivity index (χ0n) is 9.38. The maximum atomic E-state index is 11.3. The molecule has 4 nitrogen and oxygen atoms in total. The average molecular weight is 323 g/mol. The minimum Gasteiger partial charge on any atom is -0.368 e. The van der Waals surface area contributed by atoms with E-state index >= 15 is 0 Å². The monoisotopic (exact) mass is 323 g/mol. The Morgan fingerprint density at radius 1 is 1.53 bits per heavy atom. The van der Waals surface area contributed by atoms with E-state index in [2.05, 4.69) is 48.3 Å². The second kappa shape index (κ2) is 2.87. The number of likely N-dealkylation sites (tertiary alicyclic amines) is 1. The first-order chi connectivity index (χ1) is 6.64. The van der Waals surface area contributed by atoms with Crippen LogP contribution in [-0.2, 0) is 4.79 Å². The molecule has 1 amide bonds. The van der Waals surface area contributed by atoms with Crippen molar-refractivity contribution in [1.29, 1.82) is 0 Å². The van der Waals surface area contributed by atoms with E-state index in [1.807, 2.05) is 0 Å². The number of halogens is 1. The fraction of sp³-hybridized carbons (Fsp3) is 0.900. The van der Waals surface area contributed by atoms with Gasteiger partial charge in [0.25, 0.3) is 0 Å². The molecule has 0 aromatic heterocycles. The van der Waals surface area contributed by atoms with Gasteiger partial charge in [0.1, 0.15) is 5.54 Å². The summed E-state index contributed by atoms with van der Waals surface area (Å²) in [5.74, 6) is -0.127. The largest absolute Gasteiger partial charge is 0.368 e. The van der Waals surface area contributed by atoms with Crippen LogP contribution >= 0.6 is 22.6 Å². The van der Waals surface area contributed by atoms with Crippen LogP contribution in [0.1, 0.15) is 20.8 Å². The third kappa shape index (κ3) is 1.29. The fourth-order valence-electron chi connectivity index (χ4n) is 2.58. The van der Waals surface area contributed by atoms with Crippen molar-refractivity contribution in [3.05, 3.63) is 0 Å². The molecular weight excluding hydrogens is 305 g/mol. The maximum absolute atomic E-state index is 11.3. The van der Waals surface area contributed by atoms with Crippen LogP contribution in [0.2, 0.25) is 0 Å². The van der Waals surface area contributed by atoms with Crippen molar-refractivity contribution in [2.75, 3.05) is 13.1 Å². The van der Waals surface area contributed by atoms with Gasteiger partial charge in [0.2, 0.25) is 5.91 Å². The summed E-state index contributed by atoms with van der Waals surface area (Å²) >= 11 is 2.32. The summed E-state index contributed by atoms with van der Waals surface area (Å²) in [7, 11) is 0. The number of fused-ring (bicyclic) bond motifs is 1. The lowest BCUT2D eigenvalue weighted by Crippen LogP contribution is -2.54. The summed E-state index contributed by atoms with van der Waals surface area (Å²) in [5.41, 5.74) is 10.8. The molecule has 4 N–H and O–H groups in total. The number of amides is 1. The van der Waals surface area contributed by atoms with Crippen LogP contribution in [0.3, 0.4) is 0 Å². The van der Waals surface area contributed by atoms with E-state index in [-0.39, 0.29) is 20.8 Å². The first-order valence-electron chi connectivity index (χ1n) is 5.17. The van der Waals surface area contributed by atoms with Crippen LogP contribution in [0.25, 0.3) is 0 Å². The van der Waals surface area contributed by atoms with Crippen LogP contribution < -0.4 is 11.5 Å². The number of primary amides is 1. The van der Waals surface area contributed by atoms with E-state index in [0.717, 1.165) is 13.1 Å². The highest BCUT2D eigenvalue weighted by atomic mass is 127.